The molecule has 0 saturated carbocycles. The summed E-state index contributed by atoms with van der Waals surface area (Å²) in [5.74, 6) is -0.674. The number of ketones is 2. The van der Waals surface area contributed by atoms with E-state index < -0.39 is 5.92 Å². The Labute approximate surface area is 102 Å². The van der Waals surface area contributed by atoms with E-state index in [0.29, 0.717) is 19.6 Å². The van der Waals surface area contributed by atoms with Crippen LogP contribution >= 0.6 is 0 Å². The highest BCUT2D eigenvalue weighted by Gasteiger charge is 2.18. The minimum absolute atomic E-state index is 0.0826. The van der Waals surface area contributed by atoms with Crippen LogP contribution in [-0.2, 0) is 20.9 Å². The molecule has 1 aromatic rings. The third kappa shape index (κ3) is 4.91. The van der Waals surface area contributed by atoms with E-state index in [1.807, 2.05) is 30.3 Å². The number of Topliss-reactive ketones (excluding diaryl/α,β-unsaturated/α-hetero) is 2. The Balaban J connectivity index is 2.28. The molecular weight excluding hydrogens is 216 g/mol. The van der Waals surface area contributed by atoms with Crippen LogP contribution in [0.4, 0.5) is 0 Å². The first-order valence-corrected chi connectivity index (χ1v) is 5.74. The van der Waals surface area contributed by atoms with Crippen LogP contribution in [0, 0.1) is 5.92 Å². The molecule has 0 fully saturated rings. The van der Waals surface area contributed by atoms with Crippen LogP contribution in [0.15, 0.2) is 30.3 Å². The summed E-state index contributed by atoms with van der Waals surface area (Å²) in [5.41, 5.74) is 1.09. The Morgan fingerprint density at radius 2 is 1.71 bits per heavy atom. The SMILES string of the molecule is CC(=O)C(CCOCc1ccccc1)C(C)=O. The van der Waals surface area contributed by atoms with E-state index >= 15 is 0 Å². The van der Waals surface area contributed by atoms with Gasteiger partial charge in [0.15, 0.2) is 0 Å². The predicted octanol–water partition coefficient (Wildman–Crippen LogP) is 2.39. The van der Waals surface area contributed by atoms with E-state index in [-0.39, 0.29) is 11.6 Å². The molecular formula is C14H18O3. The van der Waals surface area contributed by atoms with E-state index in [1.165, 1.54) is 13.8 Å². The molecule has 0 heterocycles. The first-order chi connectivity index (χ1) is 8.11. The summed E-state index contributed by atoms with van der Waals surface area (Å²) >= 11 is 0. The fourth-order valence-electron chi connectivity index (χ4n) is 1.66. The van der Waals surface area contributed by atoms with E-state index in [4.69, 9.17) is 4.74 Å². The molecule has 0 aromatic heterocycles. The van der Waals surface area contributed by atoms with Crippen LogP contribution in [-0.4, -0.2) is 18.2 Å². The van der Waals surface area contributed by atoms with Crippen molar-refractivity contribution in [1.82, 2.24) is 0 Å². The first-order valence-electron chi connectivity index (χ1n) is 5.74. The van der Waals surface area contributed by atoms with Crippen LogP contribution in [0.3, 0.4) is 0 Å². The molecule has 0 unspecified atom stereocenters. The van der Waals surface area contributed by atoms with Crippen molar-refractivity contribution in [2.45, 2.75) is 26.9 Å². The molecule has 3 heteroatoms. The lowest BCUT2D eigenvalue weighted by Gasteiger charge is -2.10. The minimum Gasteiger partial charge on any atom is -0.377 e. The standard InChI is InChI=1S/C14H18O3/c1-11(15)14(12(2)16)8-9-17-10-13-6-4-3-5-7-13/h3-7,14H,8-10H2,1-2H3. The molecule has 0 radical (unpaired) electrons. The van der Waals surface area contributed by atoms with Gasteiger partial charge in [-0.05, 0) is 25.8 Å². The molecule has 0 aliphatic heterocycles. The third-order valence-electron chi connectivity index (χ3n) is 2.64. The second-order valence-electron chi connectivity index (χ2n) is 4.10. The predicted molar refractivity (Wildman–Crippen MR) is 65.6 cm³/mol. The van der Waals surface area contributed by atoms with Gasteiger partial charge in [-0.25, -0.2) is 0 Å². The van der Waals surface area contributed by atoms with Crippen LogP contribution < -0.4 is 0 Å². The van der Waals surface area contributed by atoms with Crippen LogP contribution in [0.25, 0.3) is 0 Å². The normalized spacial score (nSPS) is 10.5. The van der Waals surface area contributed by atoms with Crippen molar-refractivity contribution in [2.24, 2.45) is 5.92 Å². The lowest BCUT2D eigenvalue weighted by Crippen LogP contribution is -2.21. The van der Waals surface area contributed by atoms with Gasteiger partial charge in [-0.1, -0.05) is 30.3 Å². The van der Waals surface area contributed by atoms with Crippen molar-refractivity contribution in [3.8, 4) is 0 Å². The van der Waals surface area contributed by atoms with Crippen molar-refractivity contribution >= 4 is 11.6 Å². The molecule has 3 nitrogen and oxygen atoms in total. The lowest BCUT2D eigenvalue weighted by atomic mass is 9.98. The second-order valence-corrected chi connectivity index (χ2v) is 4.10. The average Bonchev–Trinajstić information content (AvgIpc) is 2.29. The Morgan fingerprint density at radius 3 is 2.24 bits per heavy atom. The highest BCUT2D eigenvalue weighted by molar-refractivity contribution is 6.00. The summed E-state index contributed by atoms with van der Waals surface area (Å²) in [4.78, 5) is 22.3. The summed E-state index contributed by atoms with van der Waals surface area (Å²) in [6.07, 6.45) is 0.470. The topological polar surface area (TPSA) is 43.4 Å². The van der Waals surface area contributed by atoms with E-state index in [2.05, 4.69) is 0 Å². The van der Waals surface area contributed by atoms with E-state index in [0.717, 1.165) is 5.56 Å². The highest BCUT2D eigenvalue weighted by atomic mass is 16.5. The average molecular weight is 234 g/mol. The van der Waals surface area contributed by atoms with Crippen molar-refractivity contribution in [3.63, 3.8) is 0 Å². The smallest absolute Gasteiger partial charge is 0.140 e. The zero-order chi connectivity index (χ0) is 12.7. The fraction of sp³-hybridized carbons (Fsp3) is 0.429. The summed E-state index contributed by atoms with van der Waals surface area (Å²) in [7, 11) is 0. The van der Waals surface area contributed by atoms with Crippen molar-refractivity contribution in [2.75, 3.05) is 6.61 Å². The molecule has 0 amide bonds. The maximum atomic E-state index is 11.2. The highest BCUT2D eigenvalue weighted by Crippen LogP contribution is 2.08. The van der Waals surface area contributed by atoms with Crippen molar-refractivity contribution in [3.05, 3.63) is 35.9 Å². The van der Waals surface area contributed by atoms with E-state index in [1.54, 1.807) is 0 Å². The number of benzene rings is 1. The van der Waals surface area contributed by atoms with Crippen molar-refractivity contribution in [1.29, 1.82) is 0 Å². The van der Waals surface area contributed by atoms with Gasteiger partial charge in [0.25, 0.3) is 0 Å². The number of hydrogen-bond donors (Lipinski definition) is 0. The summed E-state index contributed by atoms with van der Waals surface area (Å²) in [6.45, 7) is 3.84. The van der Waals surface area contributed by atoms with Gasteiger partial charge < -0.3 is 4.74 Å². The second kappa shape index (κ2) is 6.97. The Hall–Kier alpha value is -1.48. The van der Waals surface area contributed by atoms with Gasteiger partial charge in [0.1, 0.15) is 11.6 Å². The molecule has 0 atom stereocenters. The zero-order valence-corrected chi connectivity index (χ0v) is 10.3. The summed E-state index contributed by atoms with van der Waals surface area (Å²) < 4.78 is 5.45. The molecule has 1 rings (SSSR count). The fourth-order valence-corrected chi connectivity index (χ4v) is 1.66. The molecule has 0 N–H and O–H groups in total. The Morgan fingerprint density at radius 1 is 1.12 bits per heavy atom. The van der Waals surface area contributed by atoms with Gasteiger partial charge in [0.05, 0.1) is 12.5 Å². The van der Waals surface area contributed by atoms with Crippen LogP contribution in [0.5, 0.6) is 0 Å². The Kier molecular flexibility index (Phi) is 5.57. The zero-order valence-electron chi connectivity index (χ0n) is 10.3. The molecule has 17 heavy (non-hydrogen) atoms. The lowest BCUT2D eigenvalue weighted by molar-refractivity contribution is -0.131. The van der Waals surface area contributed by atoms with Gasteiger partial charge in [-0.3, -0.25) is 9.59 Å². The number of rotatable bonds is 7. The minimum atomic E-state index is -0.509. The molecule has 0 spiro atoms. The van der Waals surface area contributed by atoms with Gasteiger partial charge in [-0.2, -0.15) is 0 Å². The van der Waals surface area contributed by atoms with Crippen LogP contribution in [0.2, 0.25) is 0 Å². The van der Waals surface area contributed by atoms with Gasteiger partial charge in [0, 0.05) is 6.61 Å². The van der Waals surface area contributed by atoms with Crippen molar-refractivity contribution < 1.29 is 14.3 Å². The largest absolute Gasteiger partial charge is 0.377 e. The number of carbonyl (C=O) groups is 2. The quantitative estimate of drug-likeness (QED) is 0.537. The molecule has 0 saturated heterocycles. The maximum Gasteiger partial charge on any atom is 0.140 e. The molecule has 0 aliphatic rings. The maximum absolute atomic E-state index is 11.2. The number of hydrogen-bond acceptors (Lipinski definition) is 3. The number of ether oxygens (including phenoxy) is 1. The monoisotopic (exact) mass is 234 g/mol. The molecule has 92 valence electrons. The summed E-state index contributed by atoms with van der Waals surface area (Å²) in [6, 6.07) is 9.81. The Bertz CT molecular complexity index is 356. The van der Waals surface area contributed by atoms with E-state index in [9.17, 15) is 9.59 Å². The molecule has 0 aliphatic carbocycles. The van der Waals surface area contributed by atoms with Gasteiger partial charge in [-0.15, -0.1) is 0 Å². The number of carbonyl (C=O) groups excluding carboxylic acids is 2. The van der Waals surface area contributed by atoms with Gasteiger partial charge in [0.2, 0.25) is 0 Å². The summed E-state index contributed by atoms with van der Waals surface area (Å²) in [5, 5.41) is 0. The van der Waals surface area contributed by atoms with Gasteiger partial charge >= 0.3 is 0 Å². The molecule has 1 aromatic carbocycles. The van der Waals surface area contributed by atoms with Crippen LogP contribution in [0.1, 0.15) is 25.8 Å². The molecule has 0 bridgehead atoms. The first kappa shape index (κ1) is 13.6. The third-order valence-corrected chi connectivity index (χ3v) is 2.64.